The average molecular weight is 620 g/mol. The summed E-state index contributed by atoms with van der Waals surface area (Å²) in [6, 6.07) is 0. The number of halogens is 1. The zero-order valence-electron chi connectivity index (χ0n) is 28.9. The molecule has 6 heteroatoms. The first-order valence-corrected chi connectivity index (χ1v) is 22.3. The van der Waals surface area contributed by atoms with Crippen LogP contribution in [0.15, 0.2) is 12.2 Å². The third-order valence-corrected chi connectivity index (χ3v) is 15.6. The zero-order valence-corrected chi connectivity index (χ0v) is 31.7. The van der Waals surface area contributed by atoms with E-state index in [1.165, 1.54) is 126 Å². The van der Waals surface area contributed by atoms with Gasteiger partial charge >= 0.3 is 8.48 Å². The van der Waals surface area contributed by atoms with Gasteiger partial charge in [0.25, 0.3) is 0 Å². The third-order valence-electron chi connectivity index (χ3n) is 8.82. The highest BCUT2D eigenvalue weighted by molar-refractivity contribution is 6.72. The normalized spacial score (nSPS) is 13.8. The van der Waals surface area contributed by atoms with Gasteiger partial charge in [0.1, 0.15) is 0 Å². The fourth-order valence-electron chi connectivity index (χ4n) is 6.78. The quantitative estimate of drug-likeness (QED) is 0.0500. The second-order valence-electron chi connectivity index (χ2n) is 13.7. The standard InChI is InChI=1S/C34H73NO2Si2.ClH/c1-11-13-14-15-16-17-18-19-20-21-22-23-24-25-26-28-34(5,6)35(29-12-2,39(9,10)37-38(7)8)30-27-31-36-32-33(3)4;/h3,11-32H2,1-2,4-10H3;1H/q+1;/p-1. The fourth-order valence-corrected chi connectivity index (χ4v) is 14.5. The van der Waals surface area contributed by atoms with E-state index in [0.717, 1.165) is 18.6 Å². The van der Waals surface area contributed by atoms with Crippen molar-refractivity contribution < 1.29 is 25.4 Å². The minimum Gasteiger partial charge on any atom is -1.00 e. The van der Waals surface area contributed by atoms with Crippen LogP contribution in [-0.2, 0) is 8.85 Å². The maximum atomic E-state index is 6.92. The van der Waals surface area contributed by atoms with Gasteiger partial charge in [-0.15, -0.1) is 0 Å². The molecule has 0 heterocycles. The van der Waals surface area contributed by atoms with Gasteiger partial charge in [0, 0.05) is 25.9 Å². The Bertz CT molecular complexity index is 600. The number of unbranched alkanes of at least 4 members (excludes halogenated alkanes) is 14. The Morgan fingerprint density at radius 3 is 1.57 bits per heavy atom. The lowest BCUT2D eigenvalue weighted by molar-refractivity contribution is -0.891. The monoisotopic (exact) mass is 618 g/mol. The topological polar surface area (TPSA) is 18.5 Å². The van der Waals surface area contributed by atoms with Crippen LogP contribution < -0.4 is 12.4 Å². The smallest absolute Gasteiger partial charge is 0.420 e. The van der Waals surface area contributed by atoms with E-state index >= 15 is 0 Å². The lowest BCUT2D eigenvalue weighted by Crippen LogP contribution is -3.00. The second kappa shape index (κ2) is 24.8. The Morgan fingerprint density at radius 2 is 1.18 bits per heavy atom. The number of rotatable bonds is 28. The van der Waals surface area contributed by atoms with Crippen LogP contribution in [0.25, 0.3) is 0 Å². The summed E-state index contributed by atoms with van der Waals surface area (Å²) in [6.07, 6.45) is 25.0. The summed E-state index contributed by atoms with van der Waals surface area (Å²) in [5.74, 6) is 0. The molecule has 0 saturated heterocycles. The van der Waals surface area contributed by atoms with Gasteiger partial charge in [-0.1, -0.05) is 116 Å². The van der Waals surface area contributed by atoms with E-state index < -0.39 is 17.5 Å². The molecule has 0 aromatic carbocycles. The summed E-state index contributed by atoms with van der Waals surface area (Å²) in [5.41, 5.74) is 1.34. The van der Waals surface area contributed by atoms with Crippen molar-refractivity contribution in [2.45, 2.75) is 182 Å². The highest BCUT2D eigenvalue weighted by atomic mass is 35.5. The molecule has 1 atom stereocenters. The van der Waals surface area contributed by atoms with E-state index in [-0.39, 0.29) is 17.9 Å². The number of nitrogens with zero attached hydrogens (tertiary/aromatic N) is 1. The maximum absolute atomic E-state index is 6.92. The number of quaternary nitrogens is 1. The highest BCUT2D eigenvalue weighted by Gasteiger charge is 2.56. The first-order valence-electron chi connectivity index (χ1n) is 17.0. The van der Waals surface area contributed by atoms with Crippen molar-refractivity contribution in [1.82, 2.24) is 0 Å². The van der Waals surface area contributed by atoms with Crippen molar-refractivity contribution in [2.75, 3.05) is 26.3 Å². The molecule has 0 rings (SSSR count). The lowest BCUT2D eigenvalue weighted by atomic mass is 9.93. The van der Waals surface area contributed by atoms with Gasteiger partial charge in [-0.25, -0.2) is 0 Å². The molecule has 0 N–H and O–H groups in total. The molecule has 1 radical (unpaired) electrons. The Kier molecular flexibility index (Phi) is 26.3. The Morgan fingerprint density at radius 1 is 0.725 bits per heavy atom. The van der Waals surface area contributed by atoms with Crippen molar-refractivity contribution in [1.29, 1.82) is 0 Å². The van der Waals surface area contributed by atoms with Crippen molar-refractivity contribution in [3.05, 3.63) is 12.2 Å². The summed E-state index contributed by atoms with van der Waals surface area (Å²) in [7, 11) is -2.73. The minimum absolute atomic E-state index is 0. The van der Waals surface area contributed by atoms with Gasteiger partial charge in [-0.2, -0.15) is 0 Å². The predicted molar refractivity (Wildman–Crippen MR) is 180 cm³/mol. The largest absolute Gasteiger partial charge is 1.00 e. The molecule has 0 saturated carbocycles. The van der Waals surface area contributed by atoms with Gasteiger partial charge in [0.15, 0.2) is 9.04 Å². The van der Waals surface area contributed by atoms with Crippen LogP contribution in [0, 0.1) is 0 Å². The van der Waals surface area contributed by atoms with Crippen LogP contribution in [0.5, 0.6) is 0 Å². The predicted octanol–water partition coefficient (Wildman–Crippen LogP) is 8.21. The number of hydrogen-bond acceptors (Lipinski definition) is 2. The lowest BCUT2D eigenvalue weighted by Gasteiger charge is -2.59. The van der Waals surface area contributed by atoms with Crippen LogP contribution in [0.2, 0.25) is 26.2 Å². The Hall–Kier alpha value is 0.344. The van der Waals surface area contributed by atoms with Crippen molar-refractivity contribution in [3.8, 4) is 0 Å². The molecule has 0 spiro atoms. The number of hydrogen-bond donors (Lipinski definition) is 0. The van der Waals surface area contributed by atoms with Crippen molar-refractivity contribution in [3.63, 3.8) is 0 Å². The molecule has 0 fully saturated rings. The summed E-state index contributed by atoms with van der Waals surface area (Å²) in [6.45, 7) is 29.4. The van der Waals surface area contributed by atoms with Gasteiger partial charge in [-0.05, 0) is 46.7 Å². The first kappa shape index (κ1) is 42.5. The maximum Gasteiger partial charge on any atom is 0.420 e. The Labute approximate surface area is 262 Å². The molecule has 0 aromatic rings. The molecule has 0 aliphatic rings. The second-order valence-corrected chi connectivity index (χ2v) is 20.1. The van der Waals surface area contributed by atoms with Gasteiger partial charge in [0.05, 0.1) is 31.8 Å². The van der Waals surface area contributed by atoms with Gasteiger partial charge < -0.3 is 25.4 Å². The average Bonchev–Trinajstić information content (AvgIpc) is 2.84. The van der Waals surface area contributed by atoms with E-state index in [1.807, 2.05) is 6.92 Å². The van der Waals surface area contributed by atoms with Gasteiger partial charge in [0.2, 0.25) is 0 Å². The highest BCUT2D eigenvalue weighted by Crippen LogP contribution is 2.39. The van der Waals surface area contributed by atoms with E-state index in [2.05, 4.69) is 60.5 Å². The van der Waals surface area contributed by atoms with Crippen LogP contribution in [0.4, 0.5) is 0 Å². The van der Waals surface area contributed by atoms with Crippen LogP contribution in [-0.4, -0.2) is 53.5 Å². The van der Waals surface area contributed by atoms with Crippen molar-refractivity contribution >= 4 is 17.5 Å². The molecule has 0 aliphatic heterocycles. The molecular formula is C34H73ClNO2Si2. The Balaban J connectivity index is 0. The summed E-state index contributed by atoms with van der Waals surface area (Å²) in [5, 5.41) is 0. The van der Waals surface area contributed by atoms with Crippen molar-refractivity contribution in [2.24, 2.45) is 0 Å². The van der Waals surface area contributed by atoms with E-state index in [0.29, 0.717) is 6.61 Å². The molecule has 0 aliphatic carbocycles. The molecule has 241 valence electrons. The van der Waals surface area contributed by atoms with E-state index in [9.17, 15) is 0 Å². The minimum atomic E-state index is -1.98. The molecule has 1 unspecified atom stereocenters. The first-order chi connectivity index (χ1) is 18.5. The summed E-state index contributed by atoms with van der Waals surface area (Å²) < 4.78 is 14.0. The molecule has 0 amide bonds. The fraction of sp³-hybridized carbons (Fsp3) is 0.941. The zero-order chi connectivity index (χ0) is 29.6. The molecule has 0 bridgehead atoms. The van der Waals surface area contributed by atoms with Crippen LogP contribution in [0.3, 0.4) is 0 Å². The summed E-state index contributed by atoms with van der Waals surface area (Å²) >= 11 is 0. The number of ether oxygens (including phenoxy) is 1. The third kappa shape index (κ3) is 18.1. The molecule has 3 nitrogen and oxygen atoms in total. The van der Waals surface area contributed by atoms with Crippen LogP contribution in [0.1, 0.15) is 150 Å². The SMILES string of the molecule is C=C(C)COCCC[N+](CCC)(C(C)(C)CCCCCCCCCCCCCCCCC)[Si](C)(C)O[Si](C)C.[Cl-]. The summed E-state index contributed by atoms with van der Waals surface area (Å²) in [4.78, 5) is 0. The molecular weight excluding hydrogens is 546 g/mol. The van der Waals surface area contributed by atoms with Crippen LogP contribution >= 0.6 is 0 Å². The van der Waals surface area contributed by atoms with Gasteiger partial charge in [-0.3, -0.25) is 0 Å². The van der Waals surface area contributed by atoms with E-state index in [4.69, 9.17) is 8.85 Å². The molecule has 0 aromatic heterocycles. The van der Waals surface area contributed by atoms with E-state index in [1.54, 1.807) is 0 Å². The molecule has 40 heavy (non-hydrogen) atoms.